The Labute approximate surface area is 63.7 Å². The Morgan fingerprint density at radius 1 is 1.33 bits per heavy atom. The van der Waals surface area contributed by atoms with Crippen LogP contribution in [-0.2, 0) is 0 Å². The first-order chi connectivity index (χ1) is 3.56. The SMILES string of the molecule is Cl.NCC[Se]C(F)(F)F. The quantitative estimate of drug-likeness (QED) is 0.702. The first kappa shape index (κ1) is 12.3. The number of halogens is 4. The van der Waals surface area contributed by atoms with Gasteiger partial charge in [0.15, 0.2) is 0 Å². The van der Waals surface area contributed by atoms with Gasteiger partial charge in [0.1, 0.15) is 0 Å². The molecular weight excluding hydrogens is 221 g/mol. The van der Waals surface area contributed by atoms with E-state index < -0.39 is 20.0 Å². The molecule has 0 amide bonds. The molecule has 0 atom stereocenters. The van der Waals surface area contributed by atoms with Crippen molar-refractivity contribution in [1.82, 2.24) is 0 Å². The fraction of sp³-hybridized carbons (Fsp3) is 1.00. The Bertz CT molecular complexity index is 66.6. The molecule has 0 aliphatic heterocycles. The number of alkyl halides is 3. The molecule has 6 heteroatoms. The molecule has 0 aromatic rings. The van der Waals surface area contributed by atoms with Crippen molar-refractivity contribution in [3.63, 3.8) is 0 Å². The molecule has 0 rings (SSSR count). The molecule has 0 aromatic heterocycles. The monoisotopic (exact) mass is 229 g/mol. The first-order valence-corrected chi connectivity index (χ1v) is 4.04. The van der Waals surface area contributed by atoms with E-state index in [4.69, 9.17) is 5.73 Å². The van der Waals surface area contributed by atoms with Gasteiger partial charge in [-0.05, 0) is 0 Å². The zero-order chi connectivity index (χ0) is 6.62. The number of hydrogen-bond acceptors (Lipinski definition) is 1. The van der Waals surface area contributed by atoms with Crippen LogP contribution in [0, 0.1) is 0 Å². The fourth-order valence-electron chi connectivity index (χ4n) is 0.175. The van der Waals surface area contributed by atoms with E-state index in [1.807, 2.05) is 0 Å². The van der Waals surface area contributed by atoms with Gasteiger partial charge in [-0.1, -0.05) is 0 Å². The van der Waals surface area contributed by atoms with Gasteiger partial charge in [-0.2, -0.15) is 0 Å². The number of rotatable bonds is 2. The third kappa shape index (κ3) is 11.9. The van der Waals surface area contributed by atoms with Crippen molar-refractivity contribution in [3.8, 4) is 0 Å². The summed E-state index contributed by atoms with van der Waals surface area (Å²) < 4.78 is 33.6. The van der Waals surface area contributed by atoms with Gasteiger partial charge >= 0.3 is 50.8 Å². The molecule has 0 aliphatic rings. The van der Waals surface area contributed by atoms with Crippen molar-refractivity contribution in [2.24, 2.45) is 5.73 Å². The van der Waals surface area contributed by atoms with E-state index in [1.54, 1.807) is 0 Å². The molecule has 0 saturated carbocycles. The van der Waals surface area contributed by atoms with Crippen molar-refractivity contribution in [2.75, 3.05) is 6.54 Å². The van der Waals surface area contributed by atoms with Crippen LogP contribution in [-0.4, -0.2) is 26.6 Å². The summed E-state index contributed by atoms with van der Waals surface area (Å²) in [7, 11) is 0. The maximum absolute atomic E-state index is 11.2. The normalized spacial score (nSPS) is 10.7. The van der Waals surface area contributed by atoms with Crippen LogP contribution in [0.25, 0.3) is 0 Å². The summed E-state index contributed by atoms with van der Waals surface area (Å²) in [6.45, 7) is 0.138. The molecule has 0 unspecified atom stereocenters. The van der Waals surface area contributed by atoms with E-state index in [9.17, 15) is 13.2 Å². The van der Waals surface area contributed by atoms with Gasteiger partial charge in [-0.15, -0.1) is 12.4 Å². The van der Waals surface area contributed by atoms with Crippen molar-refractivity contribution < 1.29 is 13.2 Å². The number of nitrogens with two attached hydrogens (primary N) is 1. The Kier molecular flexibility index (Phi) is 7.29. The van der Waals surface area contributed by atoms with E-state index >= 15 is 0 Å². The van der Waals surface area contributed by atoms with Gasteiger partial charge in [0.05, 0.1) is 0 Å². The predicted molar refractivity (Wildman–Crippen MR) is 32.9 cm³/mol. The third-order valence-electron chi connectivity index (χ3n) is 0.384. The van der Waals surface area contributed by atoms with Gasteiger partial charge in [-0.25, -0.2) is 0 Å². The zero-order valence-corrected chi connectivity index (χ0v) is 6.97. The van der Waals surface area contributed by atoms with Crippen LogP contribution in [0.3, 0.4) is 0 Å². The van der Waals surface area contributed by atoms with Crippen LogP contribution in [0.4, 0.5) is 13.2 Å². The summed E-state index contributed by atoms with van der Waals surface area (Å²) in [5.74, 6) is 0. The molecule has 0 aromatic carbocycles. The molecule has 0 heterocycles. The average Bonchev–Trinajstić information content (AvgIpc) is 1.59. The average molecular weight is 229 g/mol. The summed E-state index contributed by atoms with van der Waals surface area (Å²) >= 11 is -1.26. The van der Waals surface area contributed by atoms with Crippen LogP contribution in [0.2, 0.25) is 5.32 Å². The predicted octanol–water partition coefficient (Wildman–Crippen LogP) is 1.01. The zero-order valence-electron chi connectivity index (χ0n) is 4.44. The first-order valence-electron chi connectivity index (χ1n) is 1.97. The van der Waals surface area contributed by atoms with Gasteiger partial charge in [0.25, 0.3) is 0 Å². The van der Waals surface area contributed by atoms with Crippen LogP contribution in [0.15, 0.2) is 0 Å². The summed E-state index contributed by atoms with van der Waals surface area (Å²) in [6, 6.07) is 0. The van der Waals surface area contributed by atoms with Crippen LogP contribution in [0.5, 0.6) is 0 Å². The Morgan fingerprint density at radius 3 is 1.89 bits per heavy atom. The van der Waals surface area contributed by atoms with Gasteiger partial charge < -0.3 is 0 Å². The number of hydrogen-bond donors (Lipinski definition) is 1. The van der Waals surface area contributed by atoms with Crippen molar-refractivity contribution in [3.05, 3.63) is 0 Å². The second-order valence-electron chi connectivity index (χ2n) is 1.08. The molecule has 2 N–H and O–H groups in total. The van der Waals surface area contributed by atoms with Crippen LogP contribution >= 0.6 is 12.4 Å². The van der Waals surface area contributed by atoms with E-state index in [1.165, 1.54) is 0 Å². The molecule has 0 spiro atoms. The molecule has 9 heavy (non-hydrogen) atoms. The molecule has 0 aliphatic carbocycles. The summed E-state index contributed by atoms with van der Waals surface area (Å²) in [5.41, 5.74) is 4.85. The molecule has 0 fully saturated rings. The van der Waals surface area contributed by atoms with Crippen LogP contribution < -0.4 is 5.73 Å². The Balaban J connectivity index is 0. The molecule has 58 valence electrons. The Hall–Kier alpha value is 0.559. The van der Waals surface area contributed by atoms with Crippen molar-refractivity contribution in [2.45, 2.75) is 10.4 Å². The molecule has 0 bridgehead atoms. The molecule has 0 saturated heterocycles. The molecular formula is C3H7ClF3NSe. The second-order valence-corrected chi connectivity index (χ2v) is 3.52. The van der Waals surface area contributed by atoms with Gasteiger partial charge in [0, 0.05) is 0 Å². The summed E-state index contributed by atoms with van der Waals surface area (Å²) in [5, 5.41) is -3.87. The van der Waals surface area contributed by atoms with Crippen molar-refractivity contribution >= 4 is 27.4 Å². The fourth-order valence-corrected chi connectivity index (χ4v) is 0.908. The summed E-state index contributed by atoms with van der Waals surface area (Å²) in [6.07, 6.45) is 0. The van der Waals surface area contributed by atoms with Gasteiger partial charge in [0.2, 0.25) is 0 Å². The second kappa shape index (κ2) is 5.35. The van der Waals surface area contributed by atoms with Crippen molar-refractivity contribution in [1.29, 1.82) is 0 Å². The standard InChI is InChI=1S/C3H6F3NSe.ClH/c4-3(5,6)8-2-1-7;/h1-2,7H2;1H. The minimum atomic E-state index is -3.97. The van der Waals surface area contributed by atoms with E-state index in [0.717, 1.165) is 0 Å². The Morgan fingerprint density at radius 2 is 1.78 bits per heavy atom. The molecule has 0 radical (unpaired) electrons. The maximum atomic E-state index is 11.2. The van der Waals surface area contributed by atoms with Gasteiger partial charge in [-0.3, -0.25) is 0 Å². The minimum absolute atomic E-state index is 0. The molecule has 1 nitrogen and oxygen atoms in total. The summed E-state index contributed by atoms with van der Waals surface area (Å²) in [4.78, 5) is 0. The third-order valence-corrected chi connectivity index (χ3v) is 1.99. The van der Waals surface area contributed by atoms with E-state index in [-0.39, 0.29) is 24.3 Å². The van der Waals surface area contributed by atoms with E-state index in [0.29, 0.717) is 0 Å². The topological polar surface area (TPSA) is 26.0 Å². The van der Waals surface area contributed by atoms with Crippen LogP contribution in [0.1, 0.15) is 0 Å². The van der Waals surface area contributed by atoms with E-state index in [2.05, 4.69) is 0 Å².